The Morgan fingerprint density at radius 2 is 1.77 bits per heavy atom. The third-order valence-electron chi connectivity index (χ3n) is 4.98. The molecule has 0 aliphatic heterocycles. The molecule has 1 aromatic heterocycles. The van der Waals surface area contributed by atoms with Crippen molar-refractivity contribution in [3.63, 3.8) is 0 Å². The van der Waals surface area contributed by atoms with Crippen molar-refractivity contribution in [1.29, 1.82) is 0 Å². The Balaban J connectivity index is 1.55. The van der Waals surface area contributed by atoms with E-state index in [1.54, 1.807) is 0 Å². The highest BCUT2D eigenvalue weighted by atomic mass is 32.2. The second kappa shape index (κ2) is 6.95. The maximum Gasteiger partial charge on any atom is 0.261 e. The summed E-state index contributed by atoms with van der Waals surface area (Å²) in [6, 6.07) is 10.3. The maximum absolute atomic E-state index is 12.4. The molecular formula is C21H25N3OS. The molecule has 136 valence electrons. The lowest BCUT2D eigenvalue weighted by Crippen LogP contribution is -2.13. The topological polar surface area (TPSA) is 46.9 Å². The van der Waals surface area contributed by atoms with Crippen LogP contribution in [0.1, 0.15) is 62.8 Å². The van der Waals surface area contributed by atoms with Crippen LogP contribution in [0.3, 0.4) is 0 Å². The predicted molar refractivity (Wildman–Crippen MR) is 108 cm³/mol. The van der Waals surface area contributed by atoms with Gasteiger partial charge in [0.15, 0.2) is 0 Å². The minimum absolute atomic E-state index is 0.0426. The van der Waals surface area contributed by atoms with Crippen LogP contribution in [-0.2, 0) is 4.79 Å². The second-order valence-corrected chi connectivity index (χ2v) is 8.31. The van der Waals surface area contributed by atoms with Crippen LogP contribution in [0.5, 0.6) is 0 Å². The molecule has 0 bridgehead atoms. The first-order valence-electron chi connectivity index (χ1n) is 9.30. The van der Waals surface area contributed by atoms with Crippen LogP contribution in [0.25, 0.3) is 5.69 Å². The molecule has 1 N–H and O–H groups in total. The van der Waals surface area contributed by atoms with Crippen molar-refractivity contribution in [3.8, 4) is 5.69 Å². The summed E-state index contributed by atoms with van der Waals surface area (Å²) in [5.74, 6) is 1.29. The van der Waals surface area contributed by atoms with E-state index in [-0.39, 0.29) is 5.91 Å². The first-order valence-corrected chi connectivity index (χ1v) is 10.5. The summed E-state index contributed by atoms with van der Waals surface area (Å²) in [6.07, 6.45) is 7.01. The number of hydrogen-bond acceptors (Lipinski definition) is 3. The number of thioether (sulfide) groups is 1. The molecule has 0 saturated heterocycles. The van der Waals surface area contributed by atoms with Crippen LogP contribution in [0, 0.1) is 0 Å². The van der Waals surface area contributed by atoms with Gasteiger partial charge in [0.25, 0.3) is 5.91 Å². The lowest BCUT2D eigenvalue weighted by Gasteiger charge is -2.10. The highest BCUT2D eigenvalue weighted by molar-refractivity contribution is 8.03. The third kappa shape index (κ3) is 3.58. The number of nitrogens with one attached hydrogen (secondary N) is 1. The number of anilines is 1. The van der Waals surface area contributed by atoms with Crippen LogP contribution in [0.15, 0.2) is 40.8 Å². The van der Waals surface area contributed by atoms with Gasteiger partial charge in [-0.15, -0.1) is 11.8 Å². The van der Waals surface area contributed by atoms with Crippen LogP contribution in [-0.4, -0.2) is 21.9 Å². The first-order chi connectivity index (χ1) is 12.6. The maximum atomic E-state index is 12.4. The lowest BCUT2D eigenvalue weighted by molar-refractivity contribution is -0.112. The number of benzene rings is 1. The molecule has 1 aromatic carbocycles. The van der Waals surface area contributed by atoms with Crippen molar-refractivity contribution in [2.24, 2.45) is 0 Å². The normalized spacial score (nSPS) is 16.4. The molecule has 2 aliphatic rings. The van der Waals surface area contributed by atoms with Gasteiger partial charge in [-0.05, 0) is 76.1 Å². The quantitative estimate of drug-likeness (QED) is 0.712. The van der Waals surface area contributed by atoms with Crippen molar-refractivity contribution in [2.75, 3.05) is 11.6 Å². The fraction of sp³-hybridized carbons (Fsp3) is 0.429. The molecule has 0 unspecified atom stereocenters. The van der Waals surface area contributed by atoms with Crippen LogP contribution < -0.4 is 5.32 Å². The highest BCUT2D eigenvalue weighted by Gasteiger charge is 2.32. The predicted octanol–water partition coefficient (Wildman–Crippen LogP) is 5.22. The highest BCUT2D eigenvalue weighted by Crippen LogP contribution is 2.45. The summed E-state index contributed by atoms with van der Waals surface area (Å²) in [6.45, 7) is 3.92. The average molecular weight is 368 g/mol. The Bertz CT molecular complexity index is 854. The van der Waals surface area contributed by atoms with Crippen molar-refractivity contribution >= 4 is 23.4 Å². The number of allylic oxidation sites excluding steroid dienone is 1. The molecule has 2 saturated carbocycles. The molecule has 2 aliphatic carbocycles. The number of aromatic nitrogens is 2. The van der Waals surface area contributed by atoms with Crippen molar-refractivity contribution < 1.29 is 4.79 Å². The smallest absolute Gasteiger partial charge is 0.261 e. The molecular weight excluding hydrogens is 342 g/mol. The molecule has 2 fully saturated rings. The van der Waals surface area contributed by atoms with Gasteiger partial charge in [-0.2, -0.15) is 5.10 Å². The largest absolute Gasteiger partial charge is 0.322 e. The van der Waals surface area contributed by atoms with E-state index in [0.29, 0.717) is 11.8 Å². The van der Waals surface area contributed by atoms with Gasteiger partial charge in [0.05, 0.1) is 16.3 Å². The molecule has 0 radical (unpaired) electrons. The van der Waals surface area contributed by atoms with Crippen LogP contribution >= 0.6 is 11.8 Å². The molecule has 2 aromatic rings. The van der Waals surface area contributed by atoms with E-state index in [4.69, 9.17) is 5.10 Å². The number of hydrogen-bond donors (Lipinski definition) is 1. The van der Waals surface area contributed by atoms with Crippen molar-refractivity contribution in [3.05, 3.63) is 52.2 Å². The van der Waals surface area contributed by atoms with E-state index in [0.717, 1.165) is 21.9 Å². The molecule has 4 rings (SSSR count). The summed E-state index contributed by atoms with van der Waals surface area (Å²) in [5.41, 5.74) is 5.51. The summed E-state index contributed by atoms with van der Waals surface area (Å²) in [4.78, 5) is 13.1. The zero-order valence-electron chi connectivity index (χ0n) is 15.6. The van der Waals surface area contributed by atoms with Crippen LogP contribution in [0.2, 0.25) is 0 Å². The lowest BCUT2D eigenvalue weighted by atomic mass is 10.2. The molecule has 0 spiro atoms. The number of rotatable bonds is 6. The minimum Gasteiger partial charge on any atom is -0.322 e. The first kappa shape index (κ1) is 17.4. The zero-order valence-corrected chi connectivity index (χ0v) is 16.4. The van der Waals surface area contributed by atoms with E-state index in [2.05, 4.69) is 16.1 Å². The molecule has 1 heterocycles. The molecule has 1 amide bonds. The SMILES string of the molecule is CSC(C(=O)Nc1ccc(-n2nc(C3CC3)cc2C2CC2)cc1)=C(C)C. The summed E-state index contributed by atoms with van der Waals surface area (Å²) >= 11 is 1.48. The number of carbonyl (C=O) groups is 1. The molecule has 4 nitrogen and oxygen atoms in total. The Morgan fingerprint density at radius 1 is 1.12 bits per heavy atom. The standard InChI is InChI=1S/C21H25N3OS/c1-13(2)20(26-3)21(25)22-16-8-10-17(11-9-16)24-19(15-6-7-15)12-18(23-24)14-4-5-14/h8-12,14-15H,4-7H2,1-3H3,(H,22,25). The van der Waals surface area contributed by atoms with E-state index < -0.39 is 0 Å². The monoisotopic (exact) mass is 367 g/mol. The van der Waals surface area contributed by atoms with Gasteiger partial charge in [-0.25, -0.2) is 4.68 Å². The Kier molecular flexibility index (Phi) is 4.65. The summed E-state index contributed by atoms with van der Waals surface area (Å²) in [5, 5.41) is 7.87. The van der Waals surface area contributed by atoms with Gasteiger partial charge >= 0.3 is 0 Å². The van der Waals surface area contributed by atoms with E-state index >= 15 is 0 Å². The van der Waals surface area contributed by atoms with Gasteiger partial charge < -0.3 is 5.32 Å². The zero-order chi connectivity index (χ0) is 18.3. The Hall–Kier alpha value is -2.01. The number of carbonyl (C=O) groups excluding carboxylic acids is 1. The van der Waals surface area contributed by atoms with Crippen LogP contribution in [0.4, 0.5) is 5.69 Å². The molecule has 5 heteroatoms. The van der Waals surface area contributed by atoms with Gasteiger partial charge in [0.1, 0.15) is 0 Å². The van der Waals surface area contributed by atoms with E-state index in [1.165, 1.54) is 48.8 Å². The summed E-state index contributed by atoms with van der Waals surface area (Å²) < 4.78 is 2.11. The van der Waals surface area contributed by atoms with E-state index in [1.807, 2.05) is 44.4 Å². The van der Waals surface area contributed by atoms with Gasteiger partial charge in [-0.3, -0.25) is 4.79 Å². The minimum atomic E-state index is -0.0426. The Labute approximate surface area is 159 Å². The number of nitrogens with zero attached hydrogens (tertiary/aromatic N) is 2. The van der Waals surface area contributed by atoms with Gasteiger partial charge in [0, 0.05) is 23.2 Å². The average Bonchev–Trinajstić information content (AvgIpc) is 3.54. The summed E-state index contributed by atoms with van der Waals surface area (Å²) in [7, 11) is 0. The fourth-order valence-electron chi connectivity index (χ4n) is 3.27. The van der Waals surface area contributed by atoms with Crippen molar-refractivity contribution in [2.45, 2.75) is 51.4 Å². The number of amides is 1. The van der Waals surface area contributed by atoms with Gasteiger partial charge in [-0.1, -0.05) is 5.57 Å². The molecule has 26 heavy (non-hydrogen) atoms. The van der Waals surface area contributed by atoms with Crippen molar-refractivity contribution in [1.82, 2.24) is 9.78 Å². The Morgan fingerprint density at radius 3 is 2.31 bits per heavy atom. The molecule has 0 atom stereocenters. The van der Waals surface area contributed by atoms with Gasteiger partial charge in [0.2, 0.25) is 0 Å². The fourth-order valence-corrected chi connectivity index (χ4v) is 3.91. The third-order valence-corrected chi connectivity index (χ3v) is 5.98. The second-order valence-electron chi connectivity index (χ2n) is 7.49. The van der Waals surface area contributed by atoms with E-state index in [9.17, 15) is 4.79 Å².